The van der Waals surface area contributed by atoms with Gasteiger partial charge in [0.25, 0.3) is 0 Å². The number of pyridine rings is 1. The number of benzene rings is 3. The molecule has 1 aliphatic rings. The van der Waals surface area contributed by atoms with E-state index in [0.717, 1.165) is 64.7 Å². The van der Waals surface area contributed by atoms with Gasteiger partial charge in [0.1, 0.15) is 25.1 Å². The van der Waals surface area contributed by atoms with Crippen LogP contribution in [-0.4, -0.2) is 35.3 Å². The molecule has 0 saturated heterocycles. The molecule has 0 saturated carbocycles. The van der Waals surface area contributed by atoms with Crippen molar-refractivity contribution in [3.8, 4) is 17.2 Å². The van der Waals surface area contributed by atoms with Crippen molar-refractivity contribution >= 4 is 0 Å². The Balaban J connectivity index is 1.28. The zero-order valence-electron chi connectivity index (χ0n) is 20.3. The Morgan fingerprint density at radius 2 is 1.75 bits per heavy atom. The van der Waals surface area contributed by atoms with E-state index < -0.39 is 6.10 Å². The minimum atomic E-state index is -0.706. The average molecular weight is 483 g/mol. The Labute approximate surface area is 211 Å². The van der Waals surface area contributed by atoms with E-state index in [1.807, 2.05) is 72.8 Å². The molecule has 36 heavy (non-hydrogen) atoms. The van der Waals surface area contributed by atoms with Gasteiger partial charge in [-0.25, -0.2) is 0 Å². The molecule has 6 heteroatoms. The second kappa shape index (κ2) is 11.2. The summed E-state index contributed by atoms with van der Waals surface area (Å²) in [6.45, 7) is 3.36. The Kier molecular flexibility index (Phi) is 7.45. The molecular weight excluding hydrogens is 452 g/mol. The Hall–Kier alpha value is -3.87. The van der Waals surface area contributed by atoms with Gasteiger partial charge in [-0.2, -0.15) is 0 Å². The van der Waals surface area contributed by atoms with Crippen LogP contribution in [0, 0.1) is 0 Å². The molecule has 1 unspecified atom stereocenters. The second-order valence-electron chi connectivity index (χ2n) is 8.87. The topological polar surface area (TPSA) is 64.1 Å². The van der Waals surface area contributed by atoms with E-state index in [9.17, 15) is 5.11 Å². The fourth-order valence-electron chi connectivity index (χ4n) is 4.43. The van der Waals surface area contributed by atoms with Gasteiger partial charge in [0.2, 0.25) is 0 Å². The normalized spacial score (nSPS) is 14.3. The lowest BCUT2D eigenvalue weighted by molar-refractivity contribution is 0.218. The summed E-state index contributed by atoms with van der Waals surface area (Å²) in [5.41, 5.74) is 4.97. The zero-order valence-corrected chi connectivity index (χ0v) is 20.3. The van der Waals surface area contributed by atoms with Crippen LogP contribution in [0.3, 0.4) is 0 Å². The maximum absolute atomic E-state index is 10.9. The maximum Gasteiger partial charge on any atom is 0.161 e. The van der Waals surface area contributed by atoms with E-state index in [1.54, 1.807) is 19.5 Å². The minimum Gasteiger partial charge on any atom is -0.493 e. The summed E-state index contributed by atoms with van der Waals surface area (Å²) >= 11 is 0. The predicted octanol–water partition coefficient (Wildman–Crippen LogP) is 5.15. The van der Waals surface area contributed by atoms with Gasteiger partial charge in [0.15, 0.2) is 11.5 Å². The van der Waals surface area contributed by atoms with Crippen LogP contribution in [0.1, 0.15) is 33.9 Å². The largest absolute Gasteiger partial charge is 0.493 e. The van der Waals surface area contributed by atoms with Crippen molar-refractivity contribution < 1.29 is 19.3 Å². The van der Waals surface area contributed by atoms with E-state index in [1.165, 1.54) is 0 Å². The Morgan fingerprint density at radius 1 is 0.917 bits per heavy atom. The van der Waals surface area contributed by atoms with Gasteiger partial charge in [-0.15, -0.1) is 0 Å². The summed E-state index contributed by atoms with van der Waals surface area (Å²) in [6, 6.07) is 25.8. The molecule has 0 aliphatic carbocycles. The van der Waals surface area contributed by atoms with E-state index in [2.05, 4.69) is 16.0 Å². The number of hydrogen-bond donors (Lipinski definition) is 1. The molecule has 1 aromatic heterocycles. The first-order valence-electron chi connectivity index (χ1n) is 12.1. The smallest absolute Gasteiger partial charge is 0.161 e. The van der Waals surface area contributed by atoms with Gasteiger partial charge in [0.05, 0.1) is 7.11 Å². The molecule has 0 amide bonds. The van der Waals surface area contributed by atoms with Crippen LogP contribution >= 0.6 is 0 Å². The molecule has 0 bridgehead atoms. The Bertz CT molecular complexity index is 1280. The molecule has 184 valence electrons. The molecule has 2 heterocycles. The second-order valence-corrected chi connectivity index (χ2v) is 8.87. The van der Waals surface area contributed by atoms with E-state index in [4.69, 9.17) is 14.2 Å². The van der Waals surface area contributed by atoms with Crippen LogP contribution < -0.4 is 14.2 Å². The van der Waals surface area contributed by atoms with Crippen LogP contribution in [0.25, 0.3) is 0 Å². The molecule has 1 atom stereocenters. The minimum absolute atomic E-state index is 0.491. The van der Waals surface area contributed by atoms with Gasteiger partial charge in [0, 0.05) is 37.6 Å². The standard InChI is InChI=1S/C30H30N2O4/c1-34-29-17-23(7-9-28(29)36-21-22-5-3-2-4-6-22)19-32-15-16-35-27-10-8-25(18-26(27)20-32)30(33)24-11-13-31-14-12-24/h2-14,17-18,30,33H,15-16,19-21H2,1H3. The molecule has 5 rings (SSSR count). The summed E-state index contributed by atoms with van der Waals surface area (Å²) in [5, 5.41) is 10.9. The van der Waals surface area contributed by atoms with Crippen LogP contribution in [0.4, 0.5) is 0 Å². The lowest BCUT2D eigenvalue weighted by atomic mass is 10.00. The number of hydrogen-bond acceptors (Lipinski definition) is 6. The lowest BCUT2D eigenvalue weighted by Gasteiger charge is -2.21. The molecule has 3 aromatic carbocycles. The lowest BCUT2D eigenvalue weighted by Crippen LogP contribution is -2.25. The molecule has 0 spiro atoms. The van der Waals surface area contributed by atoms with Crippen LogP contribution in [0.15, 0.2) is 91.3 Å². The number of rotatable bonds is 8. The Morgan fingerprint density at radius 3 is 2.56 bits per heavy atom. The maximum atomic E-state index is 10.9. The third-order valence-electron chi connectivity index (χ3n) is 6.35. The summed E-state index contributed by atoms with van der Waals surface area (Å²) in [7, 11) is 1.67. The van der Waals surface area contributed by atoms with Gasteiger partial charge >= 0.3 is 0 Å². The van der Waals surface area contributed by atoms with Crippen molar-refractivity contribution in [2.75, 3.05) is 20.3 Å². The summed E-state index contributed by atoms with van der Waals surface area (Å²) in [4.78, 5) is 6.38. The average Bonchev–Trinajstić information content (AvgIpc) is 3.14. The fraction of sp³-hybridized carbons (Fsp3) is 0.233. The highest BCUT2D eigenvalue weighted by atomic mass is 16.5. The van der Waals surface area contributed by atoms with Crippen molar-refractivity contribution in [3.63, 3.8) is 0 Å². The van der Waals surface area contributed by atoms with Crippen molar-refractivity contribution in [2.45, 2.75) is 25.8 Å². The number of nitrogens with zero attached hydrogens (tertiary/aromatic N) is 2. The highest BCUT2D eigenvalue weighted by Gasteiger charge is 2.19. The third kappa shape index (κ3) is 5.67. The molecule has 1 N–H and O–H groups in total. The monoisotopic (exact) mass is 482 g/mol. The predicted molar refractivity (Wildman–Crippen MR) is 138 cm³/mol. The molecule has 1 aliphatic heterocycles. The van der Waals surface area contributed by atoms with Crippen molar-refractivity contribution in [1.29, 1.82) is 0 Å². The molecule has 0 radical (unpaired) electrons. The summed E-state index contributed by atoms with van der Waals surface area (Å²) in [6.07, 6.45) is 2.68. The number of aromatic nitrogens is 1. The van der Waals surface area contributed by atoms with Crippen LogP contribution in [0.5, 0.6) is 17.2 Å². The first-order chi connectivity index (χ1) is 17.7. The first-order valence-corrected chi connectivity index (χ1v) is 12.1. The number of aliphatic hydroxyl groups is 1. The third-order valence-corrected chi connectivity index (χ3v) is 6.35. The first kappa shape index (κ1) is 23.9. The molecular formula is C30H30N2O4. The van der Waals surface area contributed by atoms with E-state index >= 15 is 0 Å². The van der Waals surface area contributed by atoms with Crippen molar-refractivity contribution in [2.24, 2.45) is 0 Å². The quantitative estimate of drug-likeness (QED) is 0.375. The van der Waals surface area contributed by atoms with E-state index in [-0.39, 0.29) is 0 Å². The molecule has 6 nitrogen and oxygen atoms in total. The highest BCUT2D eigenvalue weighted by Crippen LogP contribution is 2.32. The fourth-order valence-corrected chi connectivity index (χ4v) is 4.43. The number of aliphatic hydroxyl groups excluding tert-OH is 1. The summed E-state index contributed by atoms with van der Waals surface area (Å²) < 4.78 is 17.7. The van der Waals surface area contributed by atoms with Crippen LogP contribution in [0.2, 0.25) is 0 Å². The van der Waals surface area contributed by atoms with Gasteiger partial charge in [-0.1, -0.05) is 42.5 Å². The van der Waals surface area contributed by atoms with Crippen molar-refractivity contribution in [1.82, 2.24) is 9.88 Å². The SMILES string of the molecule is COc1cc(CN2CCOc3ccc(C(O)c4ccncc4)cc3C2)ccc1OCc1ccccc1. The van der Waals surface area contributed by atoms with Gasteiger partial charge in [-0.3, -0.25) is 9.88 Å². The number of methoxy groups -OCH3 is 1. The van der Waals surface area contributed by atoms with Crippen LogP contribution in [-0.2, 0) is 19.7 Å². The van der Waals surface area contributed by atoms with Gasteiger partial charge < -0.3 is 19.3 Å². The summed E-state index contributed by atoms with van der Waals surface area (Å²) in [5.74, 6) is 2.31. The van der Waals surface area contributed by atoms with E-state index in [0.29, 0.717) is 13.2 Å². The zero-order chi connectivity index (χ0) is 24.7. The van der Waals surface area contributed by atoms with Crippen molar-refractivity contribution in [3.05, 3.63) is 119 Å². The molecule has 4 aromatic rings. The highest BCUT2D eigenvalue weighted by molar-refractivity contribution is 5.44. The number of ether oxygens (including phenoxy) is 3. The number of fused-ring (bicyclic) bond motifs is 1. The van der Waals surface area contributed by atoms with Gasteiger partial charge in [-0.05, 0) is 58.7 Å². The molecule has 0 fully saturated rings.